The maximum absolute atomic E-state index is 2.46. The quantitative estimate of drug-likeness (QED) is 0.376. The third-order valence-corrected chi connectivity index (χ3v) is 1.44. The van der Waals surface area contributed by atoms with Gasteiger partial charge in [-0.05, 0) is 0 Å². The predicted octanol–water partition coefficient (Wildman–Crippen LogP) is 1.13. The zero-order valence-electron chi connectivity index (χ0n) is 4.52. The summed E-state index contributed by atoms with van der Waals surface area (Å²) in [6.45, 7) is 6.22. The molecule has 1 atom stereocenters. The summed E-state index contributed by atoms with van der Waals surface area (Å²) in [5.74, 6) is 0. The van der Waals surface area contributed by atoms with E-state index in [1.54, 1.807) is 0 Å². The molecule has 2 heteroatoms. The van der Waals surface area contributed by atoms with E-state index in [1.807, 2.05) is 0 Å². The third kappa shape index (κ3) is 2.49. The first kappa shape index (κ1) is 5.82. The molecule has 1 saturated heterocycles. The number of rotatable bonds is 2. The van der Waals surface area contributed by atoms with Gasteiger partial charge < -0.3 is 0 Å². The van der Waals surface area contributed by atoms with Crippen molar-refractivity contribution in [2.45, 2.75) is 10.8 Å². The Morgan fingerprint density at radius 3 is 2.43 bits per heavy atom. The van der Waals surface area contributed by atoms with Crippen LogP contribution in [-0.4, -0.2) is 28.5 Å². The van der Waals surface area contributed by atoms with Gasteiger partial charge in [-0.25, -0.2) is 0 Å². The minimum atomic E-state index is 0.833. The molecule has 1 nitrogen and oxygen atoms in total. The fraction of sp³-hybridized carbons (Fsp3) is 1.00. The van der Waals surface area contributed by atoms with Crippen LogP contribution in [-0.2, 0) is 0 Å². The summed E-state index contributed by atoms with van der Waals surface area (Å²) < 4.78 is 0.833. The monoisotopic (exact) mass is 211 g/mol. The molecular formula is C5H10IN. The first-order valence-electron chi connectivity index (χ1n) is 2.65. The number of hydrogen-bond donors (Lipinski definition) is 0. The highest BCUT2D eigenvalue weighted by atomic mass is 127. The van der Waals surface area contributed by atoms with Crippen LogP contribution < -0.4 is 0 Å². The summed E-state index contributed by atoms with van der Waals surface area (Å²) in [4.78, 5) is 2.44. The molecule has 1 heterocycles. The van der Waals surface area contributed by atoms with Crippen LogP contribution in [0.25, 0.3) is 0 Å². The van der Waals surface area contributed by atoms with Gasteiger partial charge >= 0.3 is 0 Å². The van der Waals surface area contributed by atoms with Gasteiger partial charge in [-0.2, -0.15) is 0 Å². The van der Waals surface area contributed by atoms with E-state index in [0.29, 0.717) is 0 Å². The summed E-state index contributed by atoms with van der Waals surface area (Å²) in [6, 6.07) is 0. The van der Waals surface area contributed by atoms with Crippen LogP contribution in [0.1, 0.15) is 6.92 Å². The van der Waals surface area contributed by atoms with Crippen molar-refractivity contribution in [2.24, 2.45) is 0 Å². The van der Waals surface area contributed by atoms with Crippen molar-refractivity contribution in [3.05, 3.63) is 0 Å². The van der Waals surface area contributed by atoms with Gasteiger partial charge in [0.05, 0.1) is 0 Å². The fourth-order valence-electron chi connectivity index (χ4n) is 0.609. The standard InChI is InChI=1S/C5H10IN/c1-5(6)4-7-2-3-7/h5H,2-4H2,1H3. The highest BCUT2D eigenvalue weighted by molar-refractivity contribution is 14.1. The van der Waals surface area contributed by atoms with Crippen molar-refractivity contribution < 1.29 is 0 Å². The van der Waals surface area contributed by atoms with Crippen LogP contribution in [0.4, 0.5) is 0 Å². The summed E-state index contributed by atoms with van der Waals surface area (Å²) in [6.07, 6.45) is 0. The van der Waals surface area contributed by atoms with Gasteiger partial charge in [-0.15, -0.1) is 0 Å². The van der Waals surface area contributed by atoms with Crippen molar-refractivity contribution in [1.29, 1.82) is 0 Å². The first-order chi connectivity index (χ1) is 3.29. The van der Waals surface area contributed by atoms with Crippen molar-refractivity contribution in [2.75, 3.05) is 19.6 Å². The first-order valence-corrected chi connectivity index (χ1v) is 3.90. The highest BCUT2D eigenvalue weighted by Gasteiger charge is 2.17. The van der Waals surface area contributed by atoms with Crippen LogP contribution in [0.15, 0.2) is 0 Å². The minimum Gasteiger partial charge on any atom is -0.300 e. The van der Waals surface area contributed by atoms with Crippen LogP contribution in [0.2, 0.25) is 0 Å². The Labute approximate surface area is 58.2 Å². The summed E-state index contributed by atoms with van der Waals surface area (Å²) >= 11 is 2.46. The molecule has 0 N–H and O–H groups in total. The number of nitrogens with zero attached hydrogens (tertiary/aromatic N) is 1. The molecule has 0 aromatic rings. The molecule has 0 aliphatic carbocycles. The molecule has 1 aliphatic heterocycles. The van der Waals surface area contributed by atoms with Crippen LogP contribution in [0.3, 0.4) is 0 Å². The molecule has 1 rings (SSSR count). The highest BCUT2D eigenvalue weighted by Crippen LogP contribution is 2.08. The number of halogens is 1. The maximum atomic E-state index is 2.46. The van der Waals surface area contributed by atoms with E-state index in [1.165, 1.54) is 19.6 Å². The lowest BCUT2D eigenvalue weighted by Crippen LogP contribution is -2.07. The van der Waals surface area contributed by atoms with Gasteiger partial charge in [0.15, 0.2) is 0 Å². The molecule has 7 heavy (non-hydrogen) atoms. The second-order valence-electron chi connectivity index (χ2n) is 2.08. The lowest BCUT2D eigenvalue weighted by molar-refractivity contribution is 0.567. The van der Waals surface area contributed by atoms with Gasteiger partial charge in [0, 0.05) is 23.6 Å². The van der Waals surface area contributed by atoms with Crippen molar-refractivity contribution in [3.8, 4) is 0 Å². The van der Waals surface area contributed by atoms with E-state index in [0.717, 1.165) is 3.92 Å². The van der Waals surface area contributed by atoms with Gasteiger partial charge in [0.1, 0.15) is 0 Å². The fourth-order valence-corrected chi connectivity index (χ4v) is 1.17. The molecule has 0 radical (unpaired) electrons. The van der Waals surface area contributed by atoms with E-state index in [2.05, 4.69) is 34.4 Å². The second kappa shape index (κ2) is 2.31. The SMILES string of the molecule is CC(I)CN1CC1. The van der Waals surface area contributed by atoms with Crippen LogP contribution in [0.5, 0.6) is 0 Å². The van der Waals surface area contributed by atoms with Crippen LogP contribution in [0, 0.1) is 0 Å². The molecule has 1 aliphatic rings. The Morgan fingerprint density at radius 1 is 1.71 bits per heavy atom. The van der Waals surface area contributed by atoms with E-state index in [9.17, 15) is 0 Å². The number of hydrogen-bond acceptors (Lipinski definition) is 1. The molecular weight excluding hydrogens is 201 g/mol. The van der Waals surface area contributed by atoms with E-state index in [-0.39, 0.29) is 0 Å². The lowest BCUT2D eigenvalue weighted by Gasteiger charge is -1.99. The second-order valence-corrected chi connectivity index (χ2v) is 4.21. The van der Waals surface area contributed by atoms with Gasteiger partial charge in [0.2, 0.25) is 0 Å². The van der Waals surface area contributed by atoms with E-state index >= 15 is 0 Å². The van der Waals surface area contributed by atoms with E-state index < -0.39 is 0 Å². The molecule has 42 valence electrons. The van der Waals surface area contributed by atoms with Gasteiger partial charge in [0.25, 0.3) is 0 Å². The minimum absolute atomic E-state index is 0.833. The zero-order chi connectivity index (χ0) is 5.28. The van der Waals surface area contributed by atoms with Crippen molar-refractivity contribution in [1.82, 2.24) is 4.90 Å². The smallest absolute Gasteiger partial charge is 0.0209 e. The Bertz CT molecular complexity index is 59.1. The lowest BCUT2D eigenvalue weighted by atomic mass is 10.5. The summed E-state index contributed by atoms with van der Waals surface area (Å²) in [5, 5.41) is 0. The summed E-state index contributed by atoms with van der Waals surface area (Å²) in [7, 11) is 0. The molecule has 0 amide bonds. The van der Waals surface area contributed by atoms with Gasteiger partial charge in [-0.3, -0.25) is 4.90 Å². The Kier molecular flexibility index (Phi) is 1.92. The molecule has 1 fully saturated rings. The molecule has 0 aromatic heterocycles. The van der Waals surface area contributed by atoms with Crippen LogP contribution >= 0.6 is 22.6 Å². The molecule has 0 bridgehead atoms. The third-order valence-electron chi connectivity index (χ3n) is 1.05. The predicted molar refractivity (Wildman–Crippen MR) is 39.9 cm³/mol. The average Bonchev–Trinajstić information content (AvgIpc) is 2.17. The Hall–Kier alpha value is 0.690. The summed E-state index contributed by atoms with van der Waals surface area (Å²) in [5.41, 5.74) is 0. The van der Waals surface area contributed by atoms with E-state index in [4.69, 9.17) is 0 Å². The number of alkyl halides is 1. The van der Waals surface area contributed by atoms with Crippen molar-refractivity contribution >= 4 is 22.6 Å². The Morgan fingerprint density at radius 2 is 2.29 bits per heavy atom. The Balaban J connectivity index is 1.97. The van der Waals surface area contributed by atoms with Gasteiger partial charge in [-0.1, -0.05) is 29.5 Å². The maximum Gasteiger partial charge on any atom is 0.0209 e. The topological polar surface area (TPSA) is 3.01 Å². The largest absolute Gasteiger partial charge is 0.300 e. The average molecular weight is 211 g/mol. The normalized spacial score (nSPS) is 24.9. The molecule has 0 aromatic carbocycles. The molecule has 1 unspecified atom stereocenters. The molecule has 0 saturated carbocycles. The zero-order valence-corrected chi connectivity index (χ0v) is 6.68. The molecule has 0 spiro atoms. The van der Waals surface area contributed by atoms with Crippen molar-refractivity contribution in [3.63, 3.8) is 0 Å².